The zero-order chi connectivity index (χ0) is 20.1. The number of hydrogen-bond donors (Lipinski definition) is 1. The molecule has 0 radical (unpaired) electrons. The molecule has 2 aromatic carbocycles. The van der Waals surface area contributed by atoms with E-state index in [4.69, 9.17) is 4.74 Å². The summed E-state index contributed by atoms with van der Waals surface area (Å²) in [5, 5.41) is 13.7. The first-order valence-corrected chi connectivity index (χ1v) is 10.0. The van der Waals surface area contributed by atoms with Crippen molar-refractivity contribution in [3.05, 3.63) is 64.2 Å². The molecule has 28 heavy (non-hydrogen) atoms. The van der Waals surface area contributed by atoms with E-state index >= 15 is 0 Å². The Kier molecular flexibility index (Phi) is 6.02. The summed E-state index contributed by atoms with van der Waals surface area (Å²) >= 11 is 0. The summed E-state index contributed by atoms with van der Waals surface area (Å²) in [6, 6.07) is 11.9. The van der Waals surface area contributed by atoms with E-state index in [1.165, 1.54) is 40.7 Å². The lowest BCUT2D eigenvalue weighted by molar-refractivity contribution is -0.385. The number of nitro benzene ring substituents is 1. The topological polar surface area (TPSA) is 119 Å². The van der Waals surface area contributed by atoms with Crippen molar-refractivity contribution in [3.8, 4) is 0 Å². The molecule has 0 aliphatic carbocycles. The minimum absolute atomic E-state index is 0.0675. The first kappa shape index (κ1) is 19.9. The molecule has 0 unspecified atom stereocenters. The summed E-state index contributed by atoms with van der Waals surface area (Å²) in [4.78, 5) is 22.9. The van der Waals surface area contributed by atoms with Crippen LogP contribution in [0.25, 0.3) is 0 Å². The molecule has 0 aromatic heterocycles. The van der Waals surface area contributed by atoms with Crippen molar-refractivity contribution in [2.75, 3.05) is 31.6 Å². The molecule has 2 aromatic rings. The van der Waals surface area contributed by atoms with Crippen LogP contribution in [0.15, 0.2) is 53.4 Å². The van der Waals surface area contributed by atoms with Crippen LogP contribution in [0.4, 0.5) is 11.4 Å². The van der Waals surface area contributed by atoms with Crippen molar-refractivity contribution < 1.29 is 22.9 Å². The molecule has 1 aliphatic heterocycles. The SMILES string of the molecule is O=C(Cc1ccccc1[N+](=O)[O-])Nc1cccc(S(=O)(=O)N2CCOCC2)c1. The molecular formula is C18H19N3O6S. The quantitative estimate of drug-likeness (QED) is 0.578. The molecule has 1 N–H and O–H groups in total. The Bertz CT molecular complexity index is 986. The number of benzene rings is 2. The summed E-state index contributed by atoms with van der Waals surface area (Å²) in [5.41, 5.74) is 0.446. The van der Waals surface area contributed by atoms with Gasteiger partial charge in [-0.05, 0) is 18.2 Å². The van der Waals surface area contributed by atoms with Gasteiger partial charge in [-0.25, -0.2) is 8.42 Å². The standard InChI is InChI=1S/C18H19N3O6S/c22-18(12-14-4-1-2-7-17(14)21(23)24)19-15-5-3-6-16(13-15)28(25,26)20-8-10-27-11-9-20/h1-7,13H,8-12H2,(H,19,22). The number of nitro groups is 1. The van der Waals surface area contributed by atoms with Crippen LogP contribution in [-0.4, -0.2) is 49.9 Å². The van der Waals surface area contributed by atoms with Crippen LogP contribution < -0.4 is 5.32 Å². The maximum atomic E-state index is 12.7. The maximum absolute atomic E-state index is 12.7. The summed E-state index contributed by atoms with van der Waals surface area (Å²) in [6.07, 6.45) is -0.197. The number of carbonyl (C=O) groups excluding carboxylic acids is 1. The van der Waals surface area contributed by atoms with E-state index in [9.17, 15) is 23.3 Å². The zero-order valence-corrected chi connectivity index (χ0v) is 15.7. The number of sulfonamides is 1. The van der Waals surface area contributed by atoms with Gasteiger partial charge in [-0.2, -0.15) is 4.31 Å². The van der Waals surface area contributed by atoms with Gasteiger partial charge >= 0.3 is 0 Å². The molecule has 1 saturated heterocycles. The number of anilines is 1. The average molecular weight is 405 g/mol. The number of hydrogen-bond acceptors (Lipinski definition) is 6. The number of rotatable bonds is 6. The highest BCUT2D eigenvalue weighted by Crippen LogP contribution is 2.22. The summed E-state index contributed by atoms with van der Waals surface area (Å²) in [6.45, 7) is 1.23. The molecule has 0 saturated carbocycles. The molecule has 0 bridgehead atoms. The third kappa shape index (κ3) is 4.53. The number of nitrogens with one attached hydrogen (secondary N) is 1. The van der Waals surface area contributed by atoms with Gasteiger partial charge in [0.15, 0.2) is 0 Å². The number of para-hydroxylation sites is 1. The van der Waals surface area contributed by atoms with Gasteiger partial charge in [0.05, 0.1) is 29.5 Å². The highest BCUT2D eigenvalue weighted by molar-refractivity contribution is 7.89. The number of morpholine rings is 1. The normalized spacial score (nSPS) is 15.1. The van der Waals surface area contributed by atoms with E-state index in [1.807, 2.05) is 0 Å². The number of carbonyl (C=O) groups is 1. The van der Waals surface area contributed by atoms with Crippen LogP contribution >= 0.6 is 0 Å². The Morgan fingerprint density at radius 1 is 1.14 bits per heavy atom. The number of ether oxygens (including phenoxy) is 1. The third-order valence-electron chi connectivity index (χ3n) is 4.26. The van der Waals surface area contributed by atoms with Gasteiger partial charge < -0.3 is 10.1 Å². The summed E-state index contributed by atoms with van der Waals surface area (Å²) < 4.78 is 32.0. The van der Waals surface area contributed by atoms with Gasteiger partial charge in [0.25, 0.3) is 5.69 Å². The number of amides is 1. The van der Waals surface area contributed by atoms with Gasteiger partial charge in [0.1, 0.15) is 0 Å². The molecule has 1 aliphatic rings. The fourth-order valence-electron chi connectivity index (χ4n) is 2.89. The zero-order valence-electron chi connectivity index (χ0n) is 14.9. The van der Waals surface area contributed by atoms with Crippen LogP contribution in [0.2, 0.25) is 0 Å². The summed E-state index contributed by atoms with van der Waals surface area (Å²) in [7, 11) is -3.68. The Morgan fingerprint density at radius 3 is 2.57 bits per heavy atom. The molecule has 0 spiro atoms. The Morgan fingerprint density at radius 2 is 1.86 bits per heavy atom. The summed E-state index contributed by atoms with van der Waals surface area (Å²) in [5.74, 6) is -0.477. The molecule has 1 amide bonds. The fourth-order valence-corrected chi connectivity index (χ4v) is 4.34. The molecule has 1 heterocycles. The van der Waals surface area contributed by atoms with Crippen molar-refractivity contribution in [2.24, 2.45) is 0 Å². The molecule has 3 rings (SSSR count). The lowest BCUT2D eigenvalue weighted by Crippen LogP contribution is -2.40. The molecule has 0 atom stereocenters. The van der Waals surface area contributed by atoms with Crippen LogP contribution in [0, 0.1) is 10.1 Å². The maximum Gasteiger partial charge on any atom is 0.273 e. The fraction of sp³-hybridized carbons (Fsp3) is 0.278. The molecule has 148 valence electrons. The monoisotopic (exact) mass is 405 g/mol. The van der Waals surface area contributed by atoms with Crippen LogP contribution in [-0.2, 0) is 26.0 Å². The third-order valence-corrected chi connectivity index (χ3v) is 6.16. The molecule has 1 fully saturated rings. The van der Waals surface area contributed by atoms with Gasteiger partial charge in [-0.1, -0.05) is 24.3 Å². The first-order valence-electron chi connectivity index (χ1n) is 8.58. The lowest BCUT2D eigenvalue weighted by Gasteiger charge is -2.26. The van der Waals surface area contributed by atoms with E-state index in [-0.39, 0.29) is 35.7 Å². The Hall–Kier alpha value is -2.82. The van der Waals surface area contributed by atoms with Crippen LogP contribution in [0.5, 0.6) is 0 Å². The van der Waals surface area contributed by atoms with Crippen molar-refractivity contribution in [1.29, 1.82) is 0 Å². The number of nitrogens with zero attached hydrogens (tertiary/aromatic N) is 2. The Balaban J connectivity index is 1.74. The van der Waals surface area contributed by atoms with Gasteiger partial charge in [0.2, 0.25) is 15.9 Å². The van der Waals surface area contributed by atoms with Gasteiger partial charge in [-0.15, -0.1) is 0 Å². The van der Waals surface area contributed by atoms with Gasteiger partial charge in [-0.3, -0.25) is 14.9 Å². The largest absolute Gasteiger partial charge is 0.379 e. The van der Waals surface area contributed by atoms with E-state index in [0.717, 1.165) is 0 Å². The van der Waals surface area contributed by atoms with Crippen LogP contribution in [0.3, 0.4) is 0 Å². The second-order valence-electron chi connectivity index (χ2n) is 6.16. The molecular weight excluding hydrogens is 386 g/mol. The van der Waals surface area contributed by atoms with E-state index in [0.29, 0.717) is 18.9 Å². The Labute approximate surface area is 162 Å². The smallest absolute Gasteiger partial charge is 0.273 e. The second kappa shape index (κ2) is 8.46. The predicted octanol–water partition coefficient (Wildman–Crippen LogP) is 1.80. The van der Waals surface area contributed by atoms with Crippen LogP contribution in [0.1, 0.15) is 5.56 Å². The minimum atomic E-state index is -3.68. The van der Waals surface area contributed by atoms with E-state index in [1.54, 1.807) is 12.1 Å². The average Bonchev–Trinajstić information content (AvgIpc) is 2.69. The van der Waals surface area contributed by atoms with E-state index < -0.39 is 20.9 Å². The highest BCUT2D eigenvalue weighted by Gasteiger charge is 2.26. The van der Waals surface area contributed by atoms with E-state index in [2.05, 4.69) is 5.32 Å². The molecule has 10 heteroatoms. The van der Waals surface area contributed by atoms with Crippen molar-refractivity contribution >= 4 is 27.3 Å². The van der Waals surface area contributed by atoms with Crippen molar-refractivity contribution in [3.63, 3.8) is 0 Å². The highest BCUT2D eigenvalue weighted by atomic mass is 32.2. The minimum Gasteiger partial charge on any atom is -0.379 e. The first-order chi connectivity index (χ1) is 13.4. The van der Waals surface area contributed by atoms with Gasteiger partial charge in [0, 0.05) is 30.4 Å². The lowest BCUT2D eigenvalue weighted by atomic mass is 10.1. The second-order valence-corrected chi connectivity index (χ2v) is 8.09. The van der Waals surface area contributed by atoms with Crippen molar-refractivity contribution in [1.82, 2.24) is 4.31 Å². The molecule has 9 nitrogen and oxygen atoms in total. The predicted molar refractivity (Wildman–Crippen MR) is 101 cm³/mol. The van der Waals surface area contributed by atoms with Crippen molar-refractivity contribution in [2.45, 2.75) is 11.3 Å².